The van der Waals surface area contributed by atoms with Crippen LogP contribution < -0.4 is 5.32 Å². The summed E-state index contributed by atoms with van der Waals surface area (Å²) in [5, 5.41) is 17.2. The zero-order valence-corrected chi connectivity index (χ0v) is 11.5. The smallest absolute Gasteiger partial charge is 0.0640 e. The Kier molecular flexibility index (Phi) is 5.70. The van der Waals surface area contributed by atoms with Crippen LogP contribution in [-0.4, -0.2) is 50.5 Å². The third kappa shape index (κ3) is 4.54. The van der Waals surface area contributed by atoms with E-state index in [4.69, 9.17) is 5.11 Å². The molecule has 17 heavy (non-hydrogen) atoms. The van der Waals surface area contributed by atoms with Crippen molar-refractivity contribution in [2.24, 2.45) is 0 Å². The van der Waals surface area contributed by atoms with E-state index in [1.165, 1.54) is 22.8 Å². The van der Waals surface area contributed by atoms with Crippen LogP contribution in [-0.2, 0) is 13.1 Å². The van der Waals surface area contributed by atoms with Crippen LogP contribution in [0.15, 0.2) is 12.4 Å². The molecule has 6 heteroatoms. The molecule has 0 saturated carbocycles. The van der Waals surface area contributed by atoms with Gasteiger partial charge in [-0.3, -0.25) is 4.68 Å². The van der Waals surface area contributed by atoms with Crippen molar-refractivity contribution in [1.82, 2.24) is 15.1 Å². The largest absolute Gasteiger partial charge is 0.394 e. The minimum atomic E-state index is 0.143. The monoisotopic (exact) mass is 273 g/mol. The number of nitrogens with one attached hydrogen (secondary N) is 1. The van der Waals surface area contributed by atoms with Crippen molar-refractivity contribution in [3.05, 3.63) is 18.0 Å². The topological polar surface area (TPSA) is 50.1 Å². The first kappa shape index (κ1) is 13.3. The van der Waals surface area contributed by atoms with E-state index in [-0.39, 0.29) is 6.61 Å². The summed E-state index contributed by atoms with van der Waals surface area (Å²) >= 11 is 4.13. The molecule has 1 aliphatic heterocycles. The second-order valence-corrected chi connectivity index (χ2v) is 6.59. The predicted octanol–water partition coefficient (Wildman–Crippen LogP) is 0.814. The van der Waals surface area contributed by atoms with E-state index in [0.29, 0.717) is 6.54 Å². The maximum atomic E-state index is 8.79. The van der Waals surface area contributed by atoms with Crippen LogP contribution in [0.25, 0.3) is 0 Å². The molecule has 1 aromatic heterocycles. The van der Waals surface area contributed by atoms with E-state index < -0.39 is 0 Å². The lowest BCUT2D eigenvalue weighted by atomic mass is 10.3. The summed E-state index contributed by atoms with van der Waals surface area (Å²) in [4.78, 5) is 0. The first-order valence-electron chi connectivity index (χ1n) is 5.91. The Hall–Kier alpha value is -0.170. The molecule has 1 aliphatic rings. The Labute approximate surface area is 111 Å². The minimum absolute atomic E-state index is 0.143. The summed E-state index contributed by atoms with van der Waals surface area (Å²) < 4.78 is 1.78. The first-order valence-corrected chi connectivity index (χ1v) is 8.11. The average Bonchev–Trinajstić information content (AvgIpc) is 2.79. The lowest BCUT2D eigenvalue weighted by molar-refractivity contribution is 0.269. The molecule has 2 N–H and O–H groups in total. The molecule has 1 saturated heterocycles. The molecule has 0 bridgehead atoms. The van der Waals surface area contributed by atoms with Crippen LogP contribution in [0, 0.1) is 0 Å². The molecular weight excluding hydrogens is 254 g/mol. The van der Waals surface area contributed by atoms with Gasteiger partial charge in [-0.1, -0.05) is 0 Å². The van der Waals surface area contributed by atoms with Gasteiger partial charge in [-0.2, -0.15) is 28.6 Å². The highest BCUT2D eigenvalue weighted by atomic mass is 32.2. The van der Waals surface area contributed by atoms with E-state index in [0.717, 1.165) is 18.3 Å². The summed E-state index contributed by atoms with van der Waals surface area (Å²) in [5.74, 6) is 3.85. The lowest BCUT2D eigenvalue weighted by Crippen LogP contribution is -2.28. The van der Waals surface area contributed by atoms with Crippen molar-refractivity contribution in [3.63, 3.8) is 0 Å². The van der Waals surface area contributed by atoms with Gasteiger partial charge in [0.05, 0.1) is 19.3 Å². The number of thioether (sulfide) groups is 2. The number of aromatic nitrogens is 2. The number of nitrogens with zero attached hydrogens (tertiary/aromatic N) is 2. The maximum Gasteiger partial charge on any atom is 0.0640 e. The molecular formula is C11H19N3OS2. The van der Waals surface area contributed by atoms with E-state index in [1.54, 1.807) is 4.68 Å². The van der Waals surface area contributed by atoms with Crippen molar-refractivity contribution in [1.29, 1.82) is 0 Å². The second-order valence-electron chi connectivity index (χ2n) is 4.03. The average molecular weight is 273 g/mol. The van der Waals surface area contributed by atoms with Crippen molar-refractivity contribution in [2.75, 3.05) is 30.4 Å². The van der Waals surface area contributed by atoms with Gasteiger partial charge >= 0.3 is 0 Å². The van der Waals surface area contributed by atoms with Gasteiger partial charge < -0.3 is 10.4 Å². The Morgan fingerprint density at radius 3 is 3.24 bits per heavy atom. The number of hydrogen-bond donors (Lipinski definition) is 2. The third-order valence-corrected chi connectivity index (χ3v) is 5.45. The SMILES string of the molecule is OCCn1cc(CNCC2CSCCS2)cn1. The molecule has 2 rings (SSSR count). The highest BCUT2D eigenvalue weighted by Crippen LogP contribution is 2.23. The summed E-state index contributed by atoms with van der Waals surface area (Å²) in [6, 6.07) is 0. The molecule has 0 aliphatic carbocycles. The maximum absolute atomic E-state index is 8.79. The highest BCUT2D eigenvalue weighted by molar-refractivity contribution is 8.06. The van der Waals surface area contributed by atoms with Crippen LogP contribution >= 0.6 is 23.5 Å². The van der Waals surface area contributed by atoms with Crippen molar-refractivity contribution < 1.29 is 5.11 Å². The molecule has 96 valence electrons. The van der Waals surface area contributed by atoms with Crippen LogP contribution in [0.1, 0.15) is 5.56 Å². The summed E-state index contributed by atoms with van der Waals surface area (Å²) in [5.41, 5.74) is 1.19. The fourth-order valence-electron chi connectivity index (χ4n) is 1.75. The Bertz CT molecular complexity index is 326. The predicted molar refractivity (Wildman–Crippen MR) is 74.6 cm³/mol. The third-order valence-electron chi connectivity index (χ3n) is 2.60. The molecule has 1 aromatic rings. The standard InChI is InChI=1S/C11H19N3OS2/c15-2-1-14-8-10(6-13-14)5-12-7-11-9-16-3-4-17-11/h6,8,11-12,15H,1-5,7,9H2. The van der Waals surface area contributed by atoms with Crippen molar-refractivity contribution in [3.8, 4) is 0 Å². The molecule has 0 aromatic carbocycles. The molecule has 1 unspecified atom stereocenters. The molecule has 1 atom stereocenters. The fourth-order valence-corrected chi connectivity index (χ4v) is 4.40. The molecule has 4 nitrogen and oxygen atoms in total. The minimum Gasteiger partial charge on any atom is -0.394 e. The first-order chi connectivity index (χ1) is 8.38. The second kappa shape index (κ2) is 7.31. The van der Waals surface area contributed by atoms with Gasteiger partial charge in [0.2, 0.25) is 0 Å². The molecule has 2 heterocycles. The molecule has 0 spiro atoms. The zero-order valence-electron chi connectivity index (χ0n) is 9.84. The van der Waals surface area contributed by atoms with Gasteiger partial charge in [-0.05, 0) is 0 Å². The quantitative estimate of drug-likeness (QED) is 0.803. The highest BCUT2D eigenvalue weighted by Gasteiger charge is 2.13. The Morgan fingerprint density at radius 1 is 1.53 bits per heavy atom. The van der Waals surface area contributed by atoms with Gasteiger partial charge in [0.15, 0.2) is 0 Å². The zero-order chi connectivity index (χ0) is 11.9. The molecule has 0 radical (unpaired) electrons. The number of aliphatic hydroxyl groups is 1. The van der Waals surface area contributed by atoms with E-state index in [9.17, 15) is 0 Å². The van der Waals surface area contributed by atoms with Crippen LogP contribution in [0.3, 0.4) is 0 Å². The Morgan fingerprint density at radius 2 is 2.47 bits per heavy atom. The Balaban J connectivity index is 1.66. The van der Waals surface area contributed by atoms with E-state index >= 15 is 0 Å². The van der Waals surface area contributed by atoms with Crippen molar-refractivity contribution in [2.45, 2.75) is 18.3 Å². The van der Waals surface area contributed by atoms with Crippen LogP contribution in [0.2, 0.25) is 0 Å². The summed E-state index contributed by atoms with van der Waals surface area (Å²) in [7, 11) is 0. The van der Waals surface area contributed by atoms with Crippen molar-refractivity contribution >= 4 is 23.5 Å². The van der Waals surface area contributed by atoms with Gasteiger partial charge in [0.25, 0.3) is 0 Å². The van der Waals surface area contributed by atoms with Crippen LogP contribution in [0.4, 0.5) is 0 Å². The van der Waals surface area contributed by atoms with Crippen LogP contribution in [0.5, 0.6) is 0 Å². The van der Waals surface area contributed by atoms with Gasteiger partial charge in [-0.15, -0.1) is 0 Å². The lowest BCUT2D eigenvalue weighted by Gasteiger charge is -2.20. The van der Waals surface area contributed by atoms with Gasteiger partial charge in [-0.25, -0.2) is 0 Å². The van der Waals surface area contributed by atoms with E-state index in [1.807, 2.05) is 12.4 Å². The number of aliphatic hydroxyl groups excluding tert-OH is 1. The number of hydrogen-bond acceptors (Lipinski definition) is 5. The summed E-state index contributed by atoms with van der Waals surface area (Å²) in [6.07, 6.45) is 3.86. The fraction of sp³-hybridized carbons (Fsp3) is 0.727. The van der Waals surface area contributed by atoms with Gasteiger partial charge in [0.1, 0.15) is 0 Å². The number of rotatable bonds is 6. The molecule has 0 amide bonds. The van der Waals surface area contributed by atoms with Gasteiger partial charge in [0, 0.05) is 47.4 Å². The normalized spacial score (nSPS) is 20.6. The van der Waals surface area contributed by atoms with E-state index in [2.05, 4.69) is 33.9 Å². The molecule has 1 fully saturated rings. The summed E-state index contributed by atoms with van der Waals surface area (Å²) in [6.45, 7) is 2.66.